The molecule has 1 aliphatic rings. The average Bonchev–Trinajstić information content (AvgIpc) is 3.57. The van der Waals surface area contributed by atoms with E-state index in [1.54, 1.807) is 23.2 Å². The van der Waals surface area contributed by atoms with E-state index in [0.29, 0.717) is 46.3 Å². The first kappa shape index (κ1) is 21.7. The number of hydrogen-bond acceptors (Lipinski definition) is 8. The molecule has 0 aliphatic carbocycles. The van der Waals surface area contributed by atoms with Crippen molar-refractivity contribution in [2.24, 2.45) is 0 Å². The van der Waals surface area contributed by atoms with Gasteiger partial charge in [-0.3, -0.25) is 14.9 Å². The van der Waals surface area contributed by atoms with Gasteiger partial charge in [-0.2, -0.15) is 5.10 Å². The van der Waals surface area contributed by atoms with Crippen LogP contribution in [0.25, 0.3) is 22.3 Å². The highest BCUT2D eigenvalue weighted by Gasteiger charge is 2.30. The minimum absolute atomic E-state index is 0.0405. The van der Waals surface area contributed by atoms with Crippen LogP contribution in [0.4, 0.5) is 10.9 Å². The minimum Gasteiger partial charge on any atom is -0.383 e. The second kappa shape index (κ2) is 8.67. The Balaban J connectivity index is 1.46. The Kier molecular flexibility index (Phi) is 5.54. The predicted octanol–water partition coefficient (Wildman–Crippen LogP) is 3.05. The van der Waals surface area contributed by atoms with Crippen molar-refractivity contribution in [1.29, 1.82) is 0 Å². The summed E-state index contributed by atoms with van der Waals surface area (Å²) in [6.45, 7) is 6.64. The Morgan fingerprint density at radius 2 is 2.03 bits per heavy atom. The lowest BCUT2D eigenvalue weighted by molar-refractivity contribution is -0.125. The molecule has 1 aliphatic heterocycles. The number of carbonyl (C=O) groups excluding carboxylic acids is 2. The molecule has 11 heteroatoms. The van der Waals surface area contributed by atoms with Crippen LogP contribution in [0.2, 0.25) is 0 Å². The molecule has 0 spiro atoms. The normalized spacial score (nSPS) is 15.6. The molecule has 3 N–H and O–H groups in total. The zero-order chi connectivity index (χ0) is 23.8. The topological polar surface area (TPSA) is 132 Å². The molecule has 0 bridgehead atoms. The number of aryl methyl sites for hydroxylation is 1. The van der Waals surface area contributed by atoms with E-state index in [1.807, 2.05) is 23.7 Å². The molecule has 1 saturated heterocycles. The predicted molar refractivity (Wildman–Crippen MR) is 130 cm³/mol. The molecule has 2 amide bonds. The van der Waals surface area contributed by atoms with E-state index >= 15 is 0 Å². The zero-order valence-corrected chi connectivity index (χ0v) is 19.2. The van der Waals surface area contributed by atoms with Crippen molar-refractivity contribution in [2.45, 2.75) is 19.4 Å². The van der Waals surface area contributed by atoms with Gasteiger partial charge in [-0.25, -0.2) is 19.6 Å². The molecule has 10 nitrogen and oxygen atoms in total. The van der Waals surface area contributed by atoms with E-state index in [0.717, 1.165) is 16.9 Å². The van der Waals surface area contributed by atoms with Gasteiger partial charge in [0.05, 0.1) is 11.4 Å². The van der Waals surface area contributed by atoms with Gasteiger partial charge in [0.1, 0.15) is 17.8 Å². The molecule has 1 unspecified atom stereocenters. The number of anilines is 2. The fraction of sp³-hybridized carbons (Fsp3) is 0.217. The van der Waals surface area contributed by atoms with E-state index < -0.39 is 0 Å². The zero-order valence-electron chi connectivity index (χ0n) is 18.4. The van der Waals surface area contributed by atoms with Gasteiger partial charge < -0.3 is 10.6 Å². The fourth-order valence-electron chi connectivity index (χ4n) is 4.08. The summed E-state index contributed by atoms with van der Waals surface area (Å²) in [5.41, 5.74) is 8.74. The minimum atomic E-state index is -0.239. The van der Waals surface area contributed by atoms with Crippen LogP contribution in [0.1, 0.15) is 27.7 Å². The lowest BCUT2D eigenvalue weighted by Crippen LogP contribution is -2.27. The molecule has 5 rings (SSSR count). The van der Waals surface area contributed by atoms with Gasteiger partial charge in [-0.1, -0.05) is 18.7 Å². The van der Waals surface area contributed by atoms with Gasteiger partial charge in [0.25, 0.3) is 5.91 Å². The van der Waals surface area contributed by atoms with Gasteiger partial charge >= 0.3 is 0 Å². The molecule has 172 valence electrons. The number of nitrogen functional groups attached to an aromatic ring is 1. The monoisotopic (exact) mass is 474 g/mol. The average molecular weight is 475 g/mol. The molecule has 0 saturated carbocycles. The van der Waals surface area contributed by atoms with Gasteiger partial charge in [0, 0.05) is 35.3 Å². The number of likely N-dealkylation sites (tertiary alicyclic amines) is 1. The molecule has 0 radical (unpaired) electrons. The number of rotatable bonds is 5. The standard InChI is InChI=1S/C23H22N8O2S/c1-3-17(32)30-9-8-16(11-30)31-21-18(20(24)26-12-27-21)19(29-31)14-4-6-15(7-5-14)22(33)28-23-25-10-13(2)34-23/h3-7,10,12,16H,1,8-9,11H2,2H3,(H2,24,26,27)(H,25,28,33). The van der Waals surface area contributed by atoms with Crippen LogP contribution >= 0.6 is 11.3 Å². The first-order chi connectivity index (χ1) is 16.4. The van der Waals surface area contributed by atoms with Crippen molar-refractivity contribution in [3.8, 4) is 11.3 Å². The Morgan fingerprint density at radius 3 is 2.74 bits per heavy atom. The van der Waals surface area contributed by atoms with Crippen molar-refractivity contribution >= 4 is 45.1 Å². The highest BCUT2D eigenvalue weighted by molar-refractivity contribution is 7.15. The lowest BCUT2D eigenvalue weighted by atomic mass is 10.1. The number of carbonyl (C=O) groups is 2. The number of hydrogen-bond donors (Lipinski definition) is 2. The van der Waals surface area contributed by atoms with Crippen molar-refractivity contribution in [3.05, 3.63) is 59.9 Å². The van der Waals surface area contributed by atoms with Gasteiger partial charge in [0.2, 0.25) is 5.91 Å². The van der Waals surface area contributed by atoms with Crippen molar-refractivity contribution in [1.82, 2.24) is 29.6 Å². The Morgan fingerprint density at radius 1 is 1.24 bits per heavy atom. The fourth-order valence-corrected chi connectivity index (χ4v) is 4.74. The highest BCUT2D eigenvalue weighted by Crippen LogP contribution is 2.34. The summed E-state index contributed by atoms with van der Waals surface area (Å²) in [6.07, 6.45) is 5.20. The van der Waals surface area contributed by atoms with E-state index in [4.69, 9.17) is 10.8 Å². The largest absolute Gasteiger partial charge is 0.383 e. The quantitative estimate of drug-likeness (QED) is 0.425. The summed E-state index contributed by atoms with van der Waals surface area (Å²) in [5, 5.41) is 8.84. The number of nitrogens with two attached hydrogens (primary N) is 1. The number of nitrogens with zero attached hydrogens (tertiary/aromatic N) is 6. The highest BCUT2D eigenvalue weighted by atomic mass is 32.1. The van der Waals surface area contributed by atoms with E-state index in [1.165, 1.54) is 23.7 Å². The molecule has 34 heavy (non-hydrogen) atoms. The molecule has 4 aromatic rings. The Bertz CT molecular complexity index is 1410. The molecule has 1 fully saturated rings. The van der Waals surface area contributed by atoms with Gasteiger partial charge in [-0.05, 0) is 31.6 Å². The van der Waals surface area contributed by atoms with Crippen LogP contribution in [0, 0.1) is 6.92 Å². The van der Waals surface area contributed by atoms with E-state index in [-0.39, 0.29) is 17.9 Å². The number of thiazole rings is 1. The second-order valence-electron chi connectivity index (χ2n) is 7.99. The van der Waals surface area contributed by atoms with Gasteiger partial charge in [0.15, 0.2) is 10.8 Å². The molecular weight excluding hydrogens is 452 g/mol. The van der Waals surface area contributed by atoms with Crippen molar-refractivity contribution in [2.75, 3.05) is 24.1 Å². The number of aromatic nitrogens is 5. The summed E-state index contributed by atoms with van der Waals surface area (Å²) in [7, 11) is 0. The van der Waals surface area contributed by atoms with E-state index in [9.17, 15) is 9.59 Å². The van der Waals surface area contributed by atoms with Crippen LogP contribution in [-0.4, -0.2) is 54.5 Å². The second-order valence-corrected chi connectivity index (χ2v) is 9.22. The summed E-state index contributed by atoms with van der Waals surface area (Å²) in [4.78, 5) is 40.1. The maximum Gasteiger partial charge on any atom is 0.257 e. The maximum absolute atomic E-state index is 12.6. The number of benzene rings is 1. The van der Waals surface area contributed by atoms with Crippen LogP contribution in [0.3, 0.4) is 0 Å². The lowest BCUT2D eigenvalue weighted by Gasteiger charge is -2.14. The molecule has 4 heterocycles. The first-order valence-electron chi connectivity index (χ1n) is 10.7. The van der Waals surface area contributed by atoms with Gasteiger partial charge in [-0.15, -0.1) is 11.3 Å². The number of fused-ring (bicyclic) bond motifs is 1. The number of amides is 2. The molecule has 3 aromatic heterocycles. The van der Waals surface area contributed by atoms with Crippen LogP contribution < -0.4 is 11.1 Å². The van der Waals surface area contributed by atoms with Crippen molar-refractivity contribution in [3.63, 3.8) is 0 Å². The summed E-state index contributed by atoms with van der Waals surface area (Å²) in [5.74, 6) is -0.0172. The first-order valence-corrected chi connectivity index (χ1v) is 11.5. The SMILES string of the molecule is C=CC(=O)N1CCC(n2nc(-c3ccc(C(=O)Nc4ncc(C)s4)cc3)c3c(N)ncnc32)C1. The third kappa shape index (κ3) is 3.90. The summed E-state index contributed by atoms with van der Waals surface area (Å²) < 4.78 is 1.82. The van der Waals surface area contributed by atoms with Crippen LogP contribution in [-0.2, 0) is 4.79 Å². The van der Waals surface area contributed by atoms with E-state index in [2.05, 4.69) is 26.8 Å². The smallest absolute Gasteiger partial charge is 0.257 e. The summed E-state index contributed by atoms with van der Waals surface area (Å²) >= 11 is 1.42. The maximum atomic E-state index is 12.6. The Hall–Kier alpha value is -4.12. The number of nitrogens with one attached hydrogen (secondary N) is 1. The molecular formula is C23H22N8O2S. The van der Waals surface area contributed by atoms with Crippen molar-refractivity contribution < 1.29 is 9.59 Å². The Labute approximate surface area is 199 Å². The third-order valence-corrected chi connectivity index (χ3v) is 6.60. The third-order valence-electron chi connectivity index (χ3n) is 5.78. The molecule has 1 atom stereocenters. The summed E-state index contributed by atoms with van der Waals surface area (Å²) in [6, 6.07) is 7.07. The van der Waals surface area contributed by atoms with Crippen LogP contribution in [0.15, 0.2) is 49.4 Å². The van der Waals surface area contributed by atoms with Crippen LogP contribution in [0.5, 0.6) is 0 Å². The molecule has 1 aromatic carbocycles.